The zero-order valence-electron chi connectivity index (χ0n) is 11.1. The number of para-hydroxylation sites is 1. The van der Waals surface area contributed by atoms with Crippen LogP contribution < -0.4 is 10.6 Å². The van der Waals surface area contributed by atoms with E-state index in [9.17, 15) is 0 Å². The molecule has 0 radical (unpaired) electrons. The van der Waals surface area contributed by atoms with E-state index >= 15 is 0 Å². The number of hydrogen-bond acceptors (Lipinski definition) is 4. The summed E-state index contributed by atoms with van der Waals surface area (Å²) in [5.41, 5.74) is 9.14. The molecule has 4 nitrogen and oxygen atoms in total. The summed E-state index contributed by atoms with van der Waals surface area (Å²) >= 11 is 0. The molecular weight excluding hydrogens is 236 g/mol. The van der Waals surface area contributed by atoms with Gasteiger partial charge in [0.1, 0.15) is 0 Å². The SMILES string of the molecule is CC1Cc2ccccc2N(c2ncc(CN)cn2)C1. The second-order valence-corrected chi connectivity index (χ2v) is 5.14. The molecule has 1 aromatic carbocycles. The minimum Gasteiger partial charge on any atom is -0.326 e. The van der Waals surface area contributed by atoms with Gasteiger partial charge in [-0.2, -0.15) is 0 Å². The van der Waals surface area contributed by atoms with E-state index in [1.165, 1.54) is 11.3 Å². The van der Waals surface area contributed by atoms with Crippen molar-refractivity contribution in [2.45, 2.75) is 19.9 Å². The third-order valence-corrected chi connectivity index (χ3v) is 3.51. The molecule has 0 bridgehead atoms. The van der Waals surface area contributed by atoms with Crippen LogP contribution in [0.1, 0.15) is 18.1 Å². The normalized spacial score (nSPS) is 18.2. The lowest BCUT2D eigenvalue weighted by atomic mass is 9.94. The number of nitrogens with two attached hydrogens (primary N) is 1. The quantitative estimate of drug-likeness (QED) is 0.893. The van der Waals surface area contributed by atoms with Crippen LogP contribution in [0.5, 0.6) is 0 Å². The molecule has 4 heteroatoms. The maximum atomic E-state index is 5.58. The van der Waals surface area contributed by atoms with Gasteiger partial charge in [0.2, 0.25) is 5.95 Å². The Labute approximate surface area is 113 Å². The van der Waals surface area contributed by atoms with Crippen LogP contribution in [-0.4, -0.2) is 16.5 Å². The van der Waals surface area contributed by atoms with E-state index in [1.807, 2.05) is 12.4 Å². The summed E-state index contributed by atoms with van der Waals surface area (Å²) in [5.74, 6) is 1.36. The number of nitrogens with zero attached hydrogens (tertiary/aromatic N) is 3. The topological polar surface area (TPSA) is 55.0 Å². The van der Waals surface area contributed by atoms with Gasteiger partial charge in [-0.25, -0.2) is 9.97 Å². The number of fused-ring (bicyclic) bond motifs is 1. The molecule has 1 unspecified atom stereocenters. The molecule has 1 atom stereocenters. The van der Waals surface area contributed by atoms with Gasteiger partial charge < -0.3 is 10.6 Å². The van der Waals surface area contributed by atoms with Crippen molar-refractivity contribution >= 4 is 11.6 Å². The highest BCUT2D eigenvalue weighted by molar-refractivity contribution is 5.63. The van der Waals surface area contributed by atoms with Gasteiger partial charge in [0, 0.05) is 36.7 Å². The average Bonchev–Trinajstić information content (AvgIpc) is 2.46. The van der Waals surface area contributed by atoms with Crippen LogP contribution in [-0.2, 0) is 13.0 Å². The van der Waals surface area contributed by atoms with Crippen LogP contribution in [0.3, 0.4) is 0 Å². The molecule has 0 saturated carbocycles. The smallest absolute Gasteiger partial charge is 0.229 e. The molecule has 1 aliphatic rings. The summed E-state index contributed by atoms with van der Waals surface area (Å²) in [4.78, 5) is 11.1. The van der Waals surface area contributed by atoms with Gasteiger partial charge in [0.15, 0.2) is 0 Å². The van der Waals surface area contributed by atoms with E-state index in [2.05, 4.69) is 46.1 Å². The summed E-state index contributed by atoms with van der Waals surface area (Å²) in [6.45, 7) is 3.70. The molecule has 0 saturated heterocycles. The predicted molar refractivity (Wildman–Crippen MR) is 76.2 cm³/mol. The van der Waals surface area contributed by atoms with Gasteiger partial charge in [0.25, 0.3) is 0 Å². The lowest BCUT2D eigenvalue weighted by molar-refractivity contribution is 0.557. The average molecular weight is 254 g/mol. The molecule has 98 valence electrons. The first kappa shape index (κ1) is 12.1. The summed E-state index contributed by atoms with van der Waals surface area (Å²) < 4.78 is 0. The van der Waals surface area contributed by atoms with Gasteiger partial charge >= 0.3 is 0 Å². The fourth-order valence-corrected chi connectivity index (χ4v) is 2.58. The summed E-state index contributed by atoms with van der Waals surface area (Å²) in [7, 11) is 0. The van der Waals surface area contributed by atoms with E-state index < -0.39 is 0 Å². The molecule has 1 aromatic heterocycles. The van der Waals surface area contributed by atoms with E-state index in [0.717, 1.165) is 24.5 Å². The Kier molecular flexibility index (Phi) is 3.17. The Hall–Kier alpha value is -1.94. The van der Waals surface area contributed by atoms with E-state index in [4.69, 9.17) is 5.73 Å². The van der Waals surface area contributed by atoms with Gasteiger partial charge in [-0.05, 0) is 24.0 Å². The molecule has 0 aliphatic carbocycles. The van der Waals surface area contributed by atoms with Gasteiger partial charge in [0.05, 0.1) is 0 Å². The van der Waals surface area contributed by atoms with E-state index in [-0.39, 0.29) is 0 Å². The van der Waals surface area contributed by atoms with Crippen LogP contribution in [0.4, 0.5) is 11.6 Å². The monoisotopic (exact) mass is 254 g/mol. The van der Waals surface area contributed by atoms with Crippen LogP contribution in [0.15, 0.2) is 36.7 Å². The maximum Gasteiger partial charge on any atom is 0.229 e. The second-order valence-electron chi connectivity index (χ2n) is 5.14. The van der Waals surface area contributed by atoms with Gasteiger partial charge in [-0.1, -0.05) is 25.1 Å². The first-order valence-electron chi connectivity index (χ1n) is 6.64. The number of anilines is 2. The highest BCUT2D eigenvalue weighted by Gasteiger charge is 2.23. The largest absolute Gasteiger partial charge is 0.326 e. The highest BCUT2D eigenvalue weighted by atomic mass is 15.3. The van der Waals surface area contributed by atoms with Crippen molar-refractivity contribution in [1.82, 2.24) is 9.97 Å². The van der Waals surface area contributed by atoms with Crippen molar-refractivity contribution in [2.24, 2.45) is 11.7 Å². The molecule has 2 aromatic rings. The third-order valence-electron chi connectivity index (χ3n) is 3.51. The molecule has 1 aliphatic heterocycles. The van der Waals surface area contributed by atoms with Crippen molar-refractivity contribution < 1.29 is 0 Å². The minimum absolute atomic E-state index is 0.479. The van der Waals surface area contributed by atoms with Crippen molar-refractivity contribution in [3.8, 4) is 0 Å². The lowest BCUT2D eigenvalue weighted by Gasteiger charge is -2.33. The fourth-order valence-electron chi connectivity index (χ4n) is 2.58. The first-order valence-corrected chi connectivity index (χ1v) is 6.64. The van der Waals surface area contributed by atoms with E-state index in [0.29, 0.717) is 12.5 Å². The second kappa shape index (κ2) is 4.97. The maximum absolute atomic E-state index is 5.58. The van der Waals surface area contributed by atoms with Crippen LogP contribution in [0, 0.1) is 5.92 Å². The van der Waals surface area contributed by atoms with Crippen LogP contribution >= 0.6 is 0 Å². The molecule has 2 N–H and O–H groups in total. The van der Waals surface area contributed by atoms with Crippen molar-refractivity contribution in [1.29, 1.82) is 0 Å². The molecule has 0 amide bonds. The van der Waals surface area contributed by atoms with Crippen LogP contribution in [0.25, 0.3) is 0 Å². The number of benzene rings is 1. The number of aromatic nitrogens is 2. The zero-order chi connectivity index (χ0) is 13.2. The number of rotatable bonds is 2. The van der Waals surface area contributed by atoms with E-state index in [1.54, 1.807) is 0 Å². The molecule has 0 spiro atoms. The van der Waals surface area contributed by atoms with Crippen molar-refractivity contribution in [3.05, 3.63) is 47.8 Å². The predicted octanol–water partition coefficient (Wildman–Crippen LogP) is 2.27. The third kappa shape index (κ3) is 2.31. The molecule has 3 rings (SSSR count). The summed E-state index contributed by atoms with van der Waals surface area (Å²) in [6.07, 6.45) is 4.74. The Morgan fingerprint density at radius 1 is 1.26 bits per heavy atom. The van der Waals surface area contributed by atoms with Crippen molar-refractivity contribution in [2.75, 3.05) is 11.4 Å². The zero-order valence-corrected chi connectivity index (χ0v) is 11.1. The first-order chi connectivity index (χ1) is 9.28. The molecule has 19 heavy (non-hydrogen) atoms. The Bertz CT molecular complexity index is 565. The fraction of sp³-hybridized carbons (Fsp3) is 0.333. The number of hydrogen-bond donors (Lipinski definition) is 1. The molecular formula is C15H18N4. The summed E-state index contributed by atoms with van der Waals surface area (Å²) in [5, 5.41) is 0. The molecule has 2 heterocycles. The van der Waals surface area contributed by atoms with Crippen molar-refractivity contribution in [3.63, 3.8) is 0 Å². The van der Waals surface area contributed by atoms with Gasteiger partial charge in [-0.3, -0.25) is 0 Å². The molecule has 0 fully saturated rings. The highest BCUT2D eigenvalue weighted by Crippen LogP contribution is 2.33. The summed E-state index contributed by atoms with van der Waals surface area (Å²) in [6, 6.07) is 8.48. The van der Waals surface area contributed by atoms with Gasteiger partial charge in [-0.15, -0.1) is 0 Å². The Morgan fingerprint density at radius 2 is 2.00 bits per heavy atom. The minimum atomic E-state index is 0.479. The lowest BCUT2D eigenvalue weighted by Crippen LogP contribution is -2.31. The van der Waals surface area contributed by atoms with Crippen LogP contribution in [0.2, 0.25) is 0 Å². The standard InChI is InChI=1S/C15H18N4/c1-11-6-13-4-2-3-5-14(13)19(10-11)15-17-8-12(7-16)9-18-15/h2-5,8-9,11H,6-7,10,16H2,1H3. The Balaban J connectivity index is 1.99. The Morgan fingerprint density at radius 3 is 2.74 bits per heavy atom.